The minimum atomic E-state index is -0.430. The summed E-state index contributed by atoms with van der Waals surface area (Å²) in [5.74, 6) is 0.540. The van der Waals surface area contributed by atoms with E-state index in [1.807, 2.05) is 0 Å². The van der Waals surface area contributed by atoms with E-state index in [0.717, 1.165) is 19.3 Å². The van der Waals surface area contributed by atoms with E-state index in [1.165, 1.54) is 5.57 Å². The number of carbonyl (C=O) groups excluding carboxylic acids is 1. The zero-order valence-corrected chi connectivity index (χ0v) is 16.6. The largest absolute Gasteiger partial charge is 0.396 e. The third kappa shape index (κ3) is 2.31. The Kier molecular flexibility index (Phi) is 4.09. The maximum absolute atomic E-state index is 12.7. The topological polar surface area (TPSA) is 77.8 Å². The molecule has 4 nitrogen and oxygen atoms in total. The Balaban J connectivity index is 1.73. The number of fused-ring (bicyclic) bond motifs is 5. The first-order valence-corrected chi connectivity index (χ1v) is 10.4. The standard InChI is InChI=1S/C20H29BrO4/c1-18(17(21)9-22)4-3-12-11(6-18)14(24)5-16-19(12,2)8-15(25)13-7-20(13,16)10-23/h3,11,13-14,16-17,22-24H,4-10H2,1-2H3. The fraction of sp³-hybridized carbons (Fsp3) is 0.850. The molecule has 0 aromatic heterocycles. The highest BCUT2D eigenvalue weighted by Gasteiger charge is 2.71. The molecule has 0 radical (unpaired) electrons. The van der Waals surface area contributed by atoms with Crippen molar-refractivity contribution in [1.29, 1.82) is 0 Å². The van der Waals surface area contributed by atoms with Gasteiger partial charge in [-0.15, -0.1) is 0 Å². The predicted molar refractivity (Wildman–Crippen MR) is 98.2 cm³/mol. The number of halogens is 1. The molecule has 0 heterocycles. The number of hydrogen-bond acceptors (Lipinski definition) is 4. The lowest BCUT2D eigenvalue weighted by Gasteiger charge is -2.57. The van der Waals surface area contributed by atoms with Crippen molar-refractivity contribution < 1.29 is 20.1 Å². The molecular formula is C20H29BrO4. The molecule has 3 saturated carbocycles. The van der Waals surface area contributed by atoms with Crippen LogP contribution in [0.15, 0.2) is 11.6 Å². The highest BCUT2D eigenvalue weighted by atomic mass is 79.9. The molecule has 0 aromatic rings. The van der Waals surface area contributed by atoms with Crippen LogP contribution in [0.5, 0.6) is 0 Å². The summed E-state index contributed by atoms with van der Waals surface area (Å²) in [4.78, 5) is 12.7. The highest BCUT2D eigenvalue weighted by molar-refractivity contribution is 9.09. The Bertz CT molecular complexity index is 633. The summed E-state index contributed by atoms with van der Waals surface area (Å²) in [6, 6.07) is 0. The second-order valence-electron chi connectivity index (χ2n) is 9.54. The average Bonchev–Trinajstić information content (AvgIpc) is 3.33. The fourth-order valence-electron chi connectivity index (χ4n) is 6.54. The molecule has 0 saturated heterocycles. The minimum Gasteiger partial charge on any atom is -0.396 e. The predicted octanol–water partition coefficient (Wildman–Crippen LogP) is 2.44. The number of aliphatic hydroxyl groups is 3. The summed E-state index contributed by atoms with van der Waals surface area (Å²) in [7, 11) is 0. The molecule has 8 atom stereocenters. The van der Waals surface area contributed by atoms with Crippen LogP contribution >= 0.6 is 15.9 Å². The van der Waals surface area contributed by atoms with Crippen molar-refractivity contribution in [2.24, 2.45) is 34.0 Å². The SMILES string of the molecule is CC1(C(Br)CO)CC=C2C(C1)C(O)CC1C2(C)CC(=O)C2CC21CO. The van der Waals surface area contributed by atoms with Crippen molar-refractivity contribution in [2.45, 2.75) is 56.9 Å². The maximum Gasteiger partial charge on any atom is 0.137 e. The summed E-state index contributed by atoms with van der Waals surface area (Å²) >= 11 is 3.61. The number of alkyl halides is 1. The number of carbonyl (C=O) groups is 1. The summed E-state index contributed by atoms with van der Waals surface area (Å²) in [5.41, 5.74) is 0.611. The number of ketones is 1. The molecule has 3 fully saturated rings. The lowest BCUT2D eigenvalue weighted by Crippen LogP contribution is -2.55. The van der Waals surface area contributed by atoms with Crippen molar-refractivity contribution in [3.63, 3.8) is 0 Å². The van der Waals surface area contributed by atoms with E-state index in [2.05, 4.69) is 35.9 Å². The number of aliphatic hydroxyl groups excluding tert-OH is 3. The van der Waals surface area contributed by atoms with Crippen LogP contribution in [0.4, 0.5) is 0 Å². The summed E-state index contributed by atoms with van der Waals surface area (Å²) in [6.45, 7) is 4.48. The van der Waals surface area contributed by atoms with Crippen molar-refractivity contribution in [1.82, 2.24) is 0 Å². The molecule has 0 bridgehead atoms. The molecule has 8 unspecified atom stereocenters. The van der Waals surface area contributed by atoms with Crippen molar-refractivity contribution in [3.8, 4) is 0 Å². The van der Waals surface area contributed by atoms with Crippen LogP contribution in [-0.2, 0) is 4.79 Å². The van der Waals surface area contributed by atoms with Gasteiger partial charge in [-0.2, -0.15) is 0 Å². The zero-order chi connectivity index (χ0) is 18.2. The van der Waals surface area contributed by atoms with Crippen molar-refractivity contribution in [3.05, 3.63) is 11.6 Å². The minimum absolute atomic E-state index is 0.000105. The lowest BCUT2D eigenvalue weighted by molar-refractivity contribution is -0.134. The van der Waals surface area contributed by atoms with Gasteiger partial charge in [-0.1, -0.05) is 41.4 Å². The lowest BCUT2D eigenvalue weighted by atomic mass is 9.48. The van der Waals surface area contributed by atoms with Gasteiger partial charge in [0.15, 0.2) is 0 Å². The molecule has 0 aromatic carbocycles. The molecule has 4 aliphatic rings. The molecule has 0 spiro atoms. The van der Waals surface area contributed by atoms with Gasteiger partial charge in [-0.25, -0.2) is 0 Å². The smallest absolute Gasteiger partial charge is 0.137 e. The van der Waals surface area contributed by atoms with Crippen LogP contribution in [-0.4, -0.2) is 45.2 Å². The summed E-state index contributed by atoms with van der Waals surface area (Å²) in [6.07, 6.45) is 5.49. The van der Waals surface area contributed by atoms with Gasteiger partial charge >= 0.3 is 0 Å². The Morgan fingerprint density at radius 1 is 1.32 bits per heavy atom. The Labute approximate surface area is 157 Å². The van der Waals surface area contributed by atoms with Gasteiger partial charge in [0.25, 0.3) is 0 Å². The third-order valence-corrected chi connectivity index (χ3v) is 9.59. The normalized spacial score (nSPS) is 52.6. The van der Waals surface area contributed by atoms with Crippen molar-refractivity contribution >= 4 is 21.7 Å². The summed E-state index contributed by atoms with van der Waals surface area (Å²) < 4.78 is 0. The molecule has 140 valence electrons. The quantitative estimate of drug-likeness (QED) is 0.491. The van der Waals surface area contributed by atoms with E-state index >= 15 is 0 Å². The molecule has 3 N–H and O–H groups in total. The van der Waals surface area contributed by atoms with Crippen LogP contribution < -0.4 is 0 Å². The van der Waals surface area contributed by atoms with E-state index < -0.39 is 6.10 Å². The first-order valence-electron chi connectivity index (χ1n) is 9.49. The van der Waals surface area contributed by atoms with Gasteiger partial charge in [0.2, 0.25) is 0 Å². The van der Waals surface area contributed by atoms with Crippen LogP contribution in [0.2, 0.25) is 0 Å². The Morgan fingerprint density at radius 3 is 2.68 bits per heavy atom. The van der Waals surface area contributed by atoms with Gasteiger partial charge in [0.1, 0.15) is 5.78 Å². The fourth-order valence-corrected chi connectivity index (χ4v) is 6.91. The Hall–Kier alpha value is -0.230. The van der Waals surface area contributed by atoms with Crippen LogP contribution in [0.25, 0.3) is 0 Å². The highest BCUT2D eigenvalue weighted by Crippen LogP contribution is 2.72. The molecule has 25 heavy (non-hydrogen) atoms. The number of rotatable bonds is 3. The third-order valence-electron chi connectivity index (χ3n) is 8.20. The molecule has 0 amide bonds. The van der Waals surface area contributed by atoms with Crippen LogP contribution in [0.1, 0.15) is 46.0 Å². The first-order chi connectivity index (χ1) is 11.7. The Morgan fingerprint density at radius 2 is 2.04 bits per heavy atom. The van der Waals surface area contributed by atoms with Gasteiger partial charge in [0, 0.05) is 35.1 Å². The van der Waals surface area contributed by atoms with E-state index in [9.17, 15) is 20.1 Å². The maximum atomic E-state index is 12.7. The van der Waals surface area contributed by atoms with E-state index in [4.69, 9.17) is 0 Å². The van der Waals surface area contributed by atoms with Crippen molar-refractivity contribution in [2.75, 3.05) is 13.2 Å². The van der Waals surface area contributed by atoms with Gasteiger partial charge in [-0.3, -0.25) is 4.79 Å². The molecule has 4 aliphatic carbocycles. The van der Waals surface area contributed by atoms with E-state index in [1.54, 1.807) is 0 Å². The van der Waals surface area contributed by atoms with E-state index in [0.29, 0.717) is 18.6 Å². The van der Waals surface area contributed by atoms with Gasteiger partial charge < -0.3 is 15.3 Å². The number of hydrogen-bond donors (Lipinski definition) is 3. The monoisotopic (exact) mass is 412 g/mol. The summed E-state index contributed by atoms with van der Waals surface area (Å²) in [5, 5.41) is 30.6. The molecule has 0 aliphatic heterocycles. The first kappa shape index (κ1) is 18.1. The second kappa shape index (κ2) is 5.63. The molecular weight excluding hydrogens is 384 g/mol. The van der Waals surface area contributed by atoms with Crippen LogP contribution in [0, 0.1) is 34.0 Å². The number of allylic oxidation sites excluding steroid dienone is 1. The molecule has 4 rings (SSSR count). The van der Waals surface area contributed by atoms with Gasteiger partial charge in [0.05, 0.1) is 12.7 Å². The van der Waals surface area contributed by atoms with Crippen LogP contribution in [0.3, 0.4) is 0 Å². The van der Waals surface area contributed by atoms with E-state index in [-0.39, 0.29) is 52.0 Å². The average molecular weight is 413 g/mol. The zero-order valence-electron chi connectivity index (χ0n) is 15.0. The molecule has 5 heteroatoms. The van der Waals surface area contributed by atoms with Gasteiger partial charge in [-0.05, 0) is 42.4 Å². The second-order valence-corrected chi connectivity index (χ2v) is 10.6. The number of Topliss-reactive ketones (excluding diaryl/α,β-unsaturated/α-hetero) is 1.